The minimum absolute atomic E-state index is 0.136. The number of aryl methyl sites for hydroxylation is 2. The Labute approximate surface area is 138 Å². The Morgan fingerprint density at radius 1 is 1.27 bits per heavy atom. The van der Waals surface area contributed by atoms with Crippen molar-refractivity contribution in [2.75, 3.05) is 32.7 Å². The summed E-state index contributed by atoms with van der Waals surface area (Å²) < 4.78 is 0. The number of likely N-dealkylation sites (N-methyl/N-ethyl adjacent to an activating group) is 1. The van der Waals surface area contributed by atoms with E-state index in [0.717, 1.165) is 32.7 Å². The van der Waals surface area contributed by atoms with Crippen LogP contribution in [0.25, 0.3) is 0 Å². The van der Waals surface area contributed by atoms with Gasteiger partial charge in [0.2, 0.25) is 5.91 Å². The Morgan fingerprint density at radius 3 is 2.41 bits per heavy atom. The predicted molar refractivity (Wildman–Crippen MR) is 93.5 cm³/mol. The lowest BCUT2D eigenvalue weighted by atomic mass is 10.1. The molecule has 0 aromatic carbocycles. The van der Waals surface area contributed by atoms with Crippen molar-refractivity contribution in [1.29, 1.82) is 0 Å². The minimum Gasteiger partial charge on any atom is -0.339 e. The first-order chi connectivity index (χ1) is 10.4. The molecule has 1 amide bonds. The van der Waals surface area contributed by atoms with Crippen LogP contribution in [0.5, 0.6) is 0 Å². The Morgan fingerprint density at radius 2 is 1.91 bits per heavy atom. The van der Waals surface area contributed by atoms with Crippen molar-refractivity contribution >= 4 is 17.2 Å². The number of nitrogens with one attached hydrogen (secondary N) is 1. The molecule has 5 heteroatoms. The molecule has 22 heavy (non-hydrogen) atoms. The highest BCUT2D eigenvalue weighted by Gasteiger charge is 2.25. The summed E-state index contributed by atoms with van der Waals surface area (Å²) in [6.45, 7) is 15.4. The van der Waals surface area contributed by atoms with E-state index in [4.69, 9.17) is 0 Å². The maximum atomic E-state index is 12.6. The van der Waals surface area contributed by atoms with Crippen molar-refractivity contribution in [3.63, 3.8) is 0 Å². The lowest BCUT2D eigenvalue weighted by Crippen LogP contribution is -2.53. The van der Waals surface area contributed by atoms with Gasteiger partial charge in [-0.05, 0) is 45.9 Å². The Kier molecular flexibility index (Phi) is 6.01. The zero-order valence-electron chi connectivity index (χ0n) is 14.5. The van der Waals surface area contributed by atoms with Gasteiger partial charge in [-0.1, -0.05) is 6.92 Å². The van der Waals surface area contributed by atoms with Gasteiger partial charge in [-0.3, -0.25) is 10.1 Å². The molecule has 0 saturated carbocycles. The second-order valence-electron chi connectivity index (χ2n) is 6.24. The summed E-state index contributed by atoms with van der Waals surface area (Å²) in [6, 6.07) is 2.30. The highest BCUT2D eigenvalue weighted by atomic mass is 32.1. The molecule has 2 rings (SSSR count). The minimum atomic E-state index is -0.136. The van der Waals surface area contributed by atoms with Crippen molar-refractivity contribution in [1.82, 2.24) is 15.1 Å². The fourth-order valence-corrected chi connectivity index (χ4v) is 4.20. The van der Waals surface area contributed by atoms with Crippen LogP contribution in [0.3, 0.4) is 0 Å². The zero-order valence-corrected chi connectivity index (χ0v) is 15.3. The summed E-state index contributed by atoms with van der Waals surface area (Å²) in [5, 5.41) is 3.47. The number of carbonyl (C=O) groups excluding carboxylic acids is 1. The first-order valence-corrected chi connectivity index (χ1v) is 9.08. The van der Waals surface area contributed by atoms with Gasteiger partial charge >= 0.3 is 0 Å². The van der Waals surface area contributed by atoms with Gasteiger partial charge in [0.25, 0.3) is 0 Å². The zero-order chi connectivity index (χ0) is 16.3. The molecule has 0 spiro atoms. The predicted octanol–water partition coefficient (Wildman–Crippen LogP) is 2.57. The highest BCUT2D eigenvalue weighted by molar-refractivity contribution is 7.12. The van der Waals surface area contributed by atoms with Crippen LogP contribution in [0.2, 0.25) is 0 Å². The quantitative estimate of drug-likeness (QED) is 0.904. The SMILES string of the molecule is CCN1CCN(C(=O)[C@@H](C)N[C@H](C)c2cc(C)sc2C)CC1. The van der Waals surface area contributed by atoms with Crippen molar-refractivity contribution < 1.29 is 4.79 Å². The van der Waals surface area contributed by atoms with Crippen LogP contribution in [0, 0.1) is 13.8 Å². The maximum absolute atomic E-state index is 12.6. The lowest BCUT2D eigenvalue weighted by Gasteiger charge is -2.36. The van der Waals surface area contributed by atoms with Crippen LogP contribution < -0.4 is 5.32 Å². The average Bonchev–Trinajstić information content (AvgIpc) is 2.85. The van der Waals surface area contributed by atoms with Gasteiger partial charge in [0.05, 0.1) is 6.04 Å². The Hall–Kier alpha value is -0.910. The molecule has 1 saturated heterocycles. The number of carbonyl (C=O) groups is 1. The number of nitrogens with zero attached hydrogens (tertiary/aromatic N) is 2. The topological polar surface area (TPSA) is 35.6 Å². The standard InChI is InChI=1S/C17H29N3OS/c1-6-19-7-9-20(10-8-19)17(21)14(4)18-13(3)16-11-12(2)22-15(16)5/h11,13-14,18H,6-10H2,1-5H3/t13-,14-/m1/s1. The molecule has 0 bridgehead atoms. The summed E-state index contributed by atoms with van der Waals surface area (Å²) in [4.78, 5) is 19.7. The van der Waals surface area contributed by atoms with E-state index in [2.05, 4.69) is 44.0 Å². The van der Waals surface area contributed by atoms with E-state index in [9.17, 15) is 4.79 Å². The molecule has 1 aromatic rings. The molecule has 0 radical (unpaired) electrons. The van der Waals surface area contributed by atoms with E-state index in [-0.39, 0.29) is 18.0 Å². The van der Waals surface area contributed by atoms with E-state index in [0.29, 0.717) is 0 Å². The fourth-order valence-electron chi connectivity index (χ4n) is 3.17. The van der Waals surface area contributed by atoms with Crippen molar-refractivity contribution in [3.05, 3.63) is 21.4 Å². The van der Waals surface area contributed by atoms with Crippen LogP contribution in [0.15, 0.2) is 6.07 Å². The van der Waals surface area contributed by atoms with E-state index in [1.807, 2.05) is 23.2 Å². The van der Waals surface area contributed by atoms with Crippen LogP contribution in [0.4, 0.5) is 0 Å². The lowest BCUT2D eigenvalue weighted by molar-refractivity contribution is -0.135. The molecular formula is C17H29N3OS. The average molecular weight is 324 g/mol. The van der Waals surface area contributed by atoms with E-state index in [1.54, 1.807) is 0 Å². The normalized spacial score (nSPS) is 19.2. The molecule has 1 fully saturated rings. The first-order valence-electron chi connectivity index (χ1n) is 8.26. The summed E-state index contributed by atoms with van der Waals surface area (Å²) >= 11 is 1.82. The molecule has 1 aliphatic rings. The second-order valence-corrected chi connectivity index (χ2v) is 7.70. The number of hydrogen-bond acceptors (Lipinski definition) is 4. The number of rotatable bonds is 5. The smallest absolute Gasteiger partial charge is 0.239 e. The summed E-state index contributed by atoms with van der Waals surface area (Å²) in [5.74, 6) is 0.229. The Balaban J connectivity index is 1.90. The van der Waals surface area contributed by atoms with Gasteiger partial charge in [0.1, 0.15) is 0 Å². The highest BCUT2D eigenvalue weighted by Crippen LogP contribution is 2.26. The monoisotopic (exact) mass is 323 g/mol. The van der Waals surface area contributed by atoms with Gasteiger partial charge < -0.3 is 9.80 Å². The third kappa shape index (κ3) is 4.09. The van der Waals surface area contributed by atoms with Gasteiger partial charge in [-0.2, -0.15) is 0 Å². The number of thiophene rings is 1. The van der Waals surface area contributed by atoms with Gasteiger partial charge in [-0.25, -0.2) is 0 Å². The molecule has 0 unspecified atom stereocenters. The van der Waals surface area contributed by atoms with Crippen molar-refractivity contribution in [3.8, 4) is 0 Å². The fraction of sp³-hybridized carbons (Fsp3) is 0.706. The molecule has 1 N–H and O–H groups in total. The van der Waals surface area contributed by atoms with Gasteiger partial charge in [-0.15, -0.1) is 11.3 Å². The van der Waals surface area contributed by atoms with Gasteiger partial charge in [0.15, 0.2) is 0 Å². The molecule has 0 aliphatic carbocycles. The first kappa shape index (κ1) is 17.4. The number of amides is 1. The van der Waals surface area contributed by atoms with Crippen LogP contribution in [-0.4, -0.2) is 54.5 Å². The molecule has 4 nitrogen and oxygen atoms in total. The van der Waals surface area contributed by atoms with Crippen molar-refractivity contribution in [2.45, 2.75) is 46.7 Å². The molecule has 1 aromatic heterocycles. The molecular weight excluding hydrogens is 294 g/mol. The van der Waals surface area contributed by atoms with Gasteiger partial charge in [0, 0.05) is 42.0 Å². The largest absolute Gasteiger partial charge is 0.339 e. The van der Waals surface area contributed by atoms with Crippen LogP contribution in [0.1, 0.15) is 42.1 Å². The maximum Gasteiger partial charge on any atom is 0.239 e. The summed E-state index contributed by atoms with van der Waals surface area (Å²) in [7, 11) is 0. The molecule has 124 valence electrons. The second kappa shape index (κ2) is 7.57. The third-order valence-electron chi connectivity index (χ3n) is 4.55. The van der Waals surface area contributed by atoms with E-state index in [1.165, 1.54) is 15.3 Å². The molecule has 2 heterocycles. The summed E-state index contributed by atoms with van der Waals surface area (Å²) in [6.07, 6.45) is 0. The van der Waals surface area contributed by atoms with E-state index >= 15 is 0 Å². The summed E-state index contributed by atoms with van der Waals surface area (Å²) in [5.41, 5.74) is 1.32. The van der Waals surface area contributed by atoms with Crippen LogP contribution in [-0.2, 0) is 4.79 Å². The Bertz CT molecular complexity index is 506. The van der Waals surface area contributed by atoms with Crippen molar-refractivity contribution in [2.24, 2.45) is 0 Å². The van der Waals surface area contributed by atoms with E-state index < -0.39 is 0 Å². The third-order valence-corrected chi connectivity index (χ3v) is 5.53. The van der Waals surface area contributed by atoms with Crippen LogP contribution >= 0.6 is 11.3 Å². The number of piperazine rings is 1. The molecule has 1 aliphatic heterocycles. The number of hydrogen-bond donors (Lipinski definition) is 1. The molecule has 2 atom stereocenters.